The molecule has 4 rings (SSSR count). The van der Waals surface area contributed by atoms with Gasteiger partial charge in [-0.3, -0.25) is 0 Å². The van der Waals surface area contributed by atoms with Crippen LogP contribution in [0.5, 0.6) is 0 Å². The van der Waals surface area contributed by atoms with Crippen LogP contribution in [-0.2, 0) is 20.0 Å². The number of aryl methyl sites for hydroxylation is 1. The van der Waals surface area contributed by atoms with E-state index in [1.165, 1.54) is 27.8 Å². The molecule has 1 aliphatic rings. The van der Waals surface area contributed by atoms with E-state index >= 15 is 0 Å². The van der Waals surface area contributed by atoms with Gasteiger partial charge >= 0.3 is 0 Å². The molecule has 0 amide bonds. The van der Waals surface area contributed by atoms with Crippen LogP contribution in [0.2, 0.25) is 0 Å². The van der Waals surface area contributed by atoms with E-state index in [4.69, 9.17) is 0 Å². The first-order valence-corrected chi connectivity index (χ1v) is 8.09. The number of nitrogens with zero attached hydrogens (tertiary/aromatic N) is 2. The smallest absolute Gasteiger partial charge is 0.0585 e. The Balaban J connectivity index is 1.76. The lowest BCUT2D eigenvalue weighted by molar-refractivity contribution is 0.689. The largest absolute Gasteiger partial charge is 0.365 e. The van der Waals surface area contributed by atoms with E-state index in [1.54, 1.807) is 0 Å². The average Bonchev–Trinajstić information content (AvgIpc) is 2.81. The maximum atomic E-state index is 3.51. The maximum absolute atomic E-state index is 3.51. The van der Waals surface area contributed by atoms with Crippen LogP contribution in [-0.4, -0.2) is 11.1 Å². The Hall–Kier alpha value is -1.74. The van der Waals surface area contributed by atoms with Crippen molar-refractivity contribution < 1.29 is 0 Å². The standard InChI is InChI=1S/C18H17BrN2/c1-20-17-5-3-2-4-15(17)16-10-11-21(12-18(16)20)14-8-6-13(19)7-9-14/h2-9H,10-12H2,1H3. The second kappa shape index (κ2) is 4.92. The SMILES string of the molecule is Cn1c2c(c3ccccc31)CCN(c1ccc(Br)cc1)C2. The van der Waals surface area contributed by atoms with Crippen molar-refractivity contribution in [3.8, 4) is 0 Å². The van der Waals surface area contributed by atoms with Gasteiger partial charge in [0.2, 0.25) is 0 Å². The highest BCUT2D eigenvalue weighted by atomic mass is 79.9. The molecule has 2 heterocycles. The summed E-state index contributed by atoms with van der Waals surface area (Å²) in [6.07, 6.45) is 1.12. The first-order chi connectivity index (χ1) is 10.2. The summed E-state index contributed by atoms with van der Waals surface area (Å²) in [5, 5.41) is 1.42. The van der Waals surface area contributed by atoms with Gasteiger partial charge < -0.3 is 9.47 Å². The van der Waals surface area contributed by atoms with E-state index in [0.29, 0.717) is 0 Å². The van der Waals surface area contributed by atoms with Crippen molar-refractivity contribution in [3.63, 3.8) is 0 Å². The Morgan fingerprint density at radius 2 is 1.76 bits per heavy atom. The third-order valence-electron chi connectivity index (χ3n) is 4.51. The lowest BCUT2D eigenvalue weighted by Crippen LogP contribution is -2.31. The zero-order valence-electron chi connectivity index (χ0n) is 12.0. The summed E-state index contributed by atoms with van der Waals surface area (Å²) in [4.78, 5) is 2.47. The van der Waals surface area contributed by atoms with Crippen LogP contribution in [0.3, 0.4) is 0 Å². The zero-order valence-corrected chi connectivity index (χ0v) is 13.6. The van der Waals surface area contributed by atoms with Crippen molar-refractivity contribution in [2.75, 3.05) is 11.4 Å². The lowest BCUT2D eigenvalue weighted by Gasteiger charge is -2.30. The predicted octanol–water partition coefficient (Wildman–Crippen LogP) is 4.50. The number of halogens is 1. The number of para-hydroxylation sites is 1. The molecule has 106 valence electrons. The molecule has 0 bridgehead atoms. The van der Waals surface area contributed by atoms with Crippen LogP contribution in [0, 0.1) is 0 Å². The first-order valence-electron chi connectivity index (χ1n) is 7.30. The molecule has 2 nitrogen and oxygen atoms in total. The Bertz CT molecular complexity index is 802. The van der Waals surface area contributed by atoms with E-state index in [2.05, 4.69) is 81.0 Å². The van der Waals surface area contributed by atoms with E-state index in [0.717, 1.165) is 24.0 Å². The molecule has 0 fully saturated rings. The fourth-order valence-electron chi connectivity index (χ4n) is 3.38. The maximum Gasteiger partial charge on any atom is 0.0585 e. The van der Waals surface area contributed by atoms with Crippen LogP contribution in [0.25, 0.3) is 10.9 Å². The van der Waals surface area contributed by atoms with Crippen molar-refractivity contribution in [2.24, 2.45) is 7.05 Å². The number of fused-ring (bicyclic) bond motifs is 3. The lowest BCUT2D eigenvalue weighted by atomic mass is 10.0. The van der Waals surface area contributed by atoms with Crippen molar-refractivity contribution in [1.82, 2.24) is 4.57 Å². The highest BCUT2D eigenvalue weighted by Crippen LogP contribution is 2.32. The number of hydrogen-bond donors (Lipinski definition) is 0. The van der Waals surface area contributed by atoms with Crippen molar-refractivity contribution in [3.05, 3.63) is 64.3 Å². The summed E-state index contributed by atoms with van der Waals surface area (Å²) in [5.41, 5.74) is 5.63. The van der Waals surface area contributed by atoms with Gasteiger partial charge in [0, 0.05) is 40.3 Å². The van der Waals surface area contributed by atoms with Gasteiger partial charge in [-0.15, -0.1) is 0 Å². The zero-order chi connectivity index (χ0) is 14.4. The molecule has 1 aliphatic heterocycles. The monoisotopic (exact) mass is 340 g/mol. The quantitative estimate of drug-likeness (QED) is 0.633. The molecule has 2 aromatic carbocycles. The van der Waals surface area contributed by atoms with Crippen molar-refractivity contribution in [2.45, 2.75) is 13.0 Å². The van der Waals surface area contributed by atoms with Crippen LogP contribution >= 0.6 is 15.9 Å². The van der Waals surface area contributed by atoms with Crippen LogP contribution in [0.15, 0.2) is 53.0 Å². The van der Waals surface area contributed by atoms with Crippen molar-refractivity contribution in [1.29, 1.82) is 0 Å². The number of benzene rings is 2. The summed E-state index contributed by atoms with van der Waals surface area (Å²) in [6, 6.07) is 17.4. The summed E-state index contributed by atoms with van der Waals surface area (Å²) >= 11 is 3.51. The van der Waals surface area contributed by atoms with Gasteiger partial charge in [0.15, 0.2) is 0 Å². The topological polar surface area (TPSA) is 8.17 Å². The normalized spacial score (nSPS) is 14.5. The molecule has 0 saturated carbocycles. The van der Waals surface area contributed by atoms with Crippen LogP contribution in [0.1, 0.15) is 11.3 Å². The van der Waals surface area contributed by atoms with E-state index < -0.39 is 0 Å². The molecule has 1 aromatic heterocycles. The Kier molecular flexibility index (Phi) is 3.03. The van der Waals surface area contributed by atoms with Gasteiger partial charge in [0.05, 0.1) is 6.54 Å². The molecule has 0 spiro atoms. The summed E-state index contributed by atoms with van der Waals surface area (Å²) in [6.45, 7) is 2.07. The third-order valence-corrected chi connectivity index (χ3v) is 5.04. The fourth-order valence-corrected chi connectivity index (χ4v) is 3.65. The minimum atomic E-state index is 0.988. The summed E-state index contributed by atoms with van der Waals surface area (Å²) in [7, 11) is 2.19. The molecule has 0 saturated heterocycles. The molecule has 0 radical (unpaired) electrons. The summed E-state index contributed by atoms with van der Waals surface area (Å²) < 4.78 is 3.49. The third kappa shape index (κ3) is 2.07. The van der Waals surface area contributed by atoms with Gasteiger partial charge in [-0.2, -0.15) is 0 Å². The minimum Gasteiger partial charge on any atom is -0.365 e. The van der Waals surface area contributed by atoms with Crippen LogP contribution < -0.4 is 4.90 Å². The molecule has 0 unspecified atom stereocenters. The Labute approximate surface area is 133 Å². The number of rotatable bonds is 1. The molecule has 0 N–H and O–H groups in total. The number of aromatic nitrogens is 1. The highest BCUT2D eigenvalue weighted by molar-refractivity contribution is 9.10. The molecular weight excluding hydrogens is 324 g/mol. The van der Waals surface area contributed by atoms with Crippen LogP contribution in [0.4, 0.5) is 5.69 Å². The Morgan fingerprint density at radius 1 is 1.00 bits per heavy atom. The molecule has 3 heteroatoms. The van der Waals surface area contributed by atoms with E-state index in [9.17, 15) is 0 Å². The highest BCUT2D eigenvalue weighted by Gasteiger charge is 2.22. The minimum absolute atomic E-state index is 0.988. The van der Waals surface area contributed by atoms with Gasteiger partial charge in [-0.05, 0) is 42.3 Å². The van der Waals surface area contributed by atoms with Gasteiger partial charge in [0.1, 0.15) is 0 Å². The molecule has 21 heavy (non-hydrogen) atoms. The second-order valence-corrected chi connectivity index (χ2v) is 6.57. The van der Waals surface area contributed by atoms with Crippen molar-refractivity contribution >= 4 is 32.5 Å². The first kappa shape index (κ1) is 13.0. The van der Waals surface area contributed by atoms with E-state index in [-0.39, 0.29) is 0 Å². The summed E-state index contributed by atoms with van der Waals surface area (Å²) in [5.74, 6) is 0. The average molecular weight is 341 g/mol. The fraction of sp³-hybridized carbons (Fsp3) is 0.222. The molecule has 0 aliphatic carbocycles. The molecule has 0 atom stereocenters. The molecular formula is C18H17BrN2. The van der Waals surface area contributed by atoms with Gasteiger partial charge in [0.25, 0.3) is 0 Å². The number of anilines is 1. The second-order valence-electron chi connectivity index (χ2n) is 5.65. The number of hydrogen-bond acceptors (Lipinski definition) is 1. The Morgan fingerprint density at radius 3 is 2.57 bits per heavy atom. The predicted molar refractivity (Wildman–Crippen MR) is 91.8 cm³/mol. The van der Waals surface area contributed by atoms with E-state index in [1.807, 2.05) is 0 Å². The molecule has 3 aromatic rings. The van der Waals surface area contributed by atoms with Gasteiger partial charge in [-0.25, -0.2) is 0 Å². The van der Waals surface area contributed by atoms with Gasteiger partial charge in [-0.1, -0.05) is 34.1 Å².